The number of hydrogen-bond acceptors (Lipinski definition) is 7. The summed E-state index contributed by atoms with van der Waals surface area (Å²) in [7, 11) is 0. The number of piperidine rings is 1. The lowest BCUT2D eigenvalue weighted by Gasteiger charge is -2.39. The number of imide groups is 2. The van der Waals surface area contributed by atoms with E-state index in [1.165, 1.54) is 0 Å². The molecule has 1 aromatic carbocycles. The molecule has 9 nitrogen and oxygen atoms in total. The maximum absolute atomic E-state index is 13.1. The van der Waals surface area contributed by atoms with Crippen molar-refractivity contribution in [2.45, 2.75) is 37.4 Å². The third-order valence-electron chi connectivity index (χ3n) is 7.47. The van der Waals surface area contributed by atoms with Gasteiger partial charge in [-0.05, 0) is 37.0 Å². The van der Waals surface area contributed by atoms with Gasteiger partial charge in [-0.3, -0.25) is 34.3 Å². The van der Waals surface area contributed by atoms with E-state index in [0.717, 1.165) is 55.6 Å². The Balaban J connectivity index is 1.20. The second-order valence-electron chi connectivity index (χ2n) is 9.35. The van der Waals surface area contributed by atoms with Crippen LogP contribution in [0.25, 0.3) is 0 Å². The van der Waals surface area contributed by atoms with E-state index in [-0.39, 0.29) is 18.7 Å². The van der Waals surface area contributed by atoms with E-state index in [2.05, 4.69) is 20.4 Å². The molecule has 9 heteroatoms. The van der Waals surface area contributed by atoms with E-state index in [0.29, 0.717) is 23.2 Å². The van der Waals surface area contributed by atoms with Crippen molar-refractivity contribution in [3.05, 3.63) is 29.3 Å². The zero-order chi connectivity index (χ0) is 21.3. The Labute approximate surface area is 179 Å². The quantitative estimate of drug-likeness (QED) is 0.634. The van der Waals surface area contributed by atoms with E-state index in [1.54, 1.807) is 6.07 Å². The summed E-state index contributed by atoms with van der Waals surface area (Å²) in [5.41, 5.74) is 1.65. The van der Waals surface area contributed by atoms with E-state index < -0.39 is 23.8 Å². The summed E-state index contributed by atoms with van der Waals surface area (Å²) in [5, 5.41) is 5.57. The minimum atomic E-state index is -0.925. The van der Waals surface area contributed by atoms with Gasteiger partial charge in [0.25, 0.3) is 11.8 Å². The molecule has 1 unspecified atom stereocenters. The van der Waals surface area contributed by atoms with Crippen molar-refractivity contribution in [2.24, 2.45) is 5.92 Å². The fraction of sp³-hybridized carbons (Fsp3) is 0.545. The van der Waals surface area contributed by atoms with Crippen molar-refractivity contribution in [2.75, 3.05) is 37.6 Å². The van der Waals surface area contributed by atoms with E-state index in [1.807, 2.05) is 12.1 Å². The Morgan fingerprint density at radius 1 is 0.968 bits per heavy atom. The van der Waals surface area contributed by atoms with Crippen molar-refractivity contribution >= 4 is 29.3 Å². The highest BCUT2D eigenvalue weighted by atomic mass is 16.2. The number of benzene rings is 1. The van der Waals surface area contributed by atoms with Gasteiger partial charge in [0.1, 0.15) is 6.04 Å². The van der Waals surface area contributed by atoms with Gasteiger partial charge in [-0.25, -0.2) is 0 Å². The van der Waals surface area contributed by atoms with Crippen LogP contribution in [0.15, 0.2) is 18.2 Å². The molecule has 0 saturated carbocycles. The number of nitrogens with zero attached hydrogens (tertiary/aromatic N) is 3. The smallest absolute Gasteiger partial charge is 0.262 e. The average Bonchev–Trinajstić information content (AvgIpc) is 3.38. The van der Waals surface area contributed by atoms with E-state index in [4.69, 9.17) is 0 Å². The van der Waals surface area contributed by atoms with Crippen molar-refractivity contribution in [3.63, 3.8) is 0 Å². The topological polar surface area (TPSA) is 102 Å². The zero-order valence-corrected chi connectivity index (χ0v) is 17.2. The number of rotatable bonds is 4. The van der Waals surface area contributed by atoms with Crippen LogP contribution in [0.1, 0.15) is 40.0 Å². The number of carbonyl (C=O) groups is 4. The molecule has 31 heavy (non-hydrogen) atoms. The third-order valence-corrected chi connectivity index (χ3v) is 7.47. The predicted molar refractivity (Wildman–Crippen MR) is 111 cm³/mol. The normalized spacial score (nSPS) is 30.8. The van der Waals surface area contributed by atoms with Crippen LogP contribution < -0.4 is 15.5 Å². The minimum absolute atomic E-state index is 0.124. The number of nitrogens with one attached hydrogen (secondary N) is 2. The second kappa shape index (κ2) is 6.86. The van der Waals surface area contributed by atoms with Crippen LogP contribution in [0.2, 0.25) is 0 Å². The monoisotopic (exact) mass is 423 g/mol. The van der Waals surface area contributed by atoms with Gasteiger partial charge in [0, 0.05) is 56.9 Å². The maximum atomic E-state index is 13.1. The van der Waals surface area contributed by atoms with Gasteiger partial charge in [-0.15, -0.1) is 0 Å². The Kier molecular flexibility index (Phi) is 4.19. The fourth-order valence-electron chi connectivity index (χ4n) is 5.74. The molecule has 4 amide bonds. The molecule has 1 aromatic rings. The molecule has 6 rings (SSSR count). The molecule has 2 N–H and O–H groups in total. The molecule has 0 aromatic heterocycles. The Morgan fingerprint density at radius 2 is 1.77 bits per heavy atom. The largest absolute Gasteiger partial charge is 0.366 e. The van der Waals surface area contributed by atoms with Gasteiger partial charge in [-0.2, -0.15) is 0 Å². The SMILES string of the molecule is O=C1CCC(N2C(=O)c3ccc(N4C[C@H]5C[C@@H]4CN5CC4CNC4)cc3C2=O)C(=O)N1. The molecular formula is C22H25N5O4. The van der Waals surface area contributed by atoms with Crippen molar-refractivity contribution in [3.8, 4) is 0 Å². The summed E-state index contributed by atoms with van der Waals surface area (Å²) in [4.78, 5) is 55.6. The van der Waals surface area contributed by atoms with Gasteiger partial charge in [0.05, 0.1) is 11.1 Å². The van der Waals surface area contributed by atoms with Gasteiger partial charge >= 0.3 is 0 Å². The highest BCUT2D eigenvalue weighted by Gasteiger charge is 2.47. The number of piperazine rings is 1. The first kappa shape index (κ1) is 18.9. The van der Waals surface area contributed by atoms with Crippen molar-refractivity contribution in [1.82, 2.24) is 20.4 Å². The lowest BCUT2D eigenvalue weighted by atomic mass is 10.0. The average molecular weight is 423 g/mol. The molecule has 2 bridgehead atoms. The van der Waals surface area contributed by atoms with Crippen LogP contribution in [-0.2, 0) is 9.59 Å². The first-order chi connectivity index (χ1) is 15.0. The van der Waals surface area contributed by atoms with Crippen molar-refractivity contribution in [1.29, 1.82) is 0 Å². The molecular weight excluding hydrogens is 398 g/mol. The maximum Gasteiger partial charge on any atom is 0.262 e. The summed E-state index contributed by atoms with van der Waals surface area (Å²) in [6.07, 6.45) is 1.43. The lowest BCUT2D eigenvalue weighted by Crippen LogP contribution is -2.54. The third kappa shape index (κ3) is 2.90. The Hall–Kier alpha value is -2.78. The number of fused-ring (bicyclic) bond motifs is 3. The first-order valence-corrected chi connectivity index (χ1v) is 11.1. The molecule has 4 saturated heterocycles. The number of amides is 4. The molecule has 162 valence electrons. The zero-order valence-electron chi connectivity index (χ0n) is 17.2. The van der Waals surface area contributed by atoms with Crippen LogP contribution in [0.3, 0.4) is 0 Å². The Bertz CT molecular complexity index is 1010. The molecule has 5 heterocycles. The summed E-state index contributed by atoms with van der Waals surface area (Å²) < 4.78 is 0. The van der Waals surface area contributed by atoms with E-state index in [9.17, 15) is 19.2 Å². The highest BCUT2D eigenvalue weighted by Crippen LogP contribution is 2.37. The summed E-state index contributed by atoms with van der Waals surface area (Å²) in [6.45, 7) is 5.35. The van der Waals surface area contributed by atoms with Gasteiger partial charge in [0.2, 0.25) is 11.8 Å². The molecule has 4 fully saturated rings. The number of carbonyl (C=O) groups excluding carboxylic acids is 4. The number of hydrogen-bond donors (Lipinski definition) is 2. The summed E-state index contributed by atoms with van der Waals surface area (Å²) in [6, 6.07) is 5.47. The van der Waals surface area contributed by atoms with Gasteiger partial charge < -0.3 is 10.2 Å². The summed E-state index contributed by atoms with van der Waals surface area (Å²) >= 11 is 0. The van der Waals surface area contributed by atoms with Crippen LogP contribution >= 0.6 is 0 Å². The summed E-state index contributed by atoms with van der Waals surface area (Å²) in [5.74, 6) is -1.09. The number of likely N-dealkylation sites (tertiary alicyclic amines) is 1. The van der Waals surface area contributed by atoms with Gasteiger partial charge in [-0.1, -0.05) is 0 Å². The molecule has 5 aliphatic rings. The van der Waals surface area contributed by atoms with Crippen LogP contribution in [0, 0.1) is 5.92 Å². The second-order valence-corrected chi connectivity index (χ2v) is 9.35. The first-order valence-electron chi connectivity index (χ1n) is 11.1. The van der Waals surface area contributed by atoms with Crippen LogP contribution in [0.5, 0.6) is 0 Å². The van der Waals surface area contributed by atoms with E-state index >= 15 is 0 Å². The molecule has 0 radical (unpaired) electrons. The lowest BCUT2D eigenvalue weighted by molar-refractivity contribution is -0.136. The van der Waals surface area contributed by atoms with Crippen LogP contribution in [-0.4, -0.2) is 84.3 Å². The molecule has 5 aliphatic heterocycles. The fourth-order valence-corrected chi connectivity index (χ4v) is 5.74. The van der Waals surface area contributed by atoms with Crippen molar-refractivity contribution < 1.29 is 19.2 Å². The molecule has 0 spiro atoms. The number of anilines is 1. The molecule has 0 aliphatic carbocycles. The predicted octanol–water partition coefficient (Wildman–Crippen LogP) is -0.430. The van der Waals surface area contributed by atoms with Gasteiger partial charge in [0.15, 0.2) is 0 Å². The molecule has 3 atom stereocenters. The van der Waals surface area contributed by atoms with Crippen LogP contribution in [0.4, 0.5) is 5.69 Å². The Morgan fingerprint density at radius 3 is 2.45 bits per heavy atom. The standard InChI is InChI=1S/C22H25N5O4/c28-19-4-3-18(20(29)24-19)27-21(30)16-2-1-13(6-17(16)22(27)31)26-11-14-5-15(26)10-25(14)9-12-7-23-8-12/h1-2,6,12,14-15,18,23H,3-5,7-11H2,(H,24,28,29)/t14-,15-,18?/m1/s1. The minimum Gasteiger partial charge on any atom is -0.366 e. The highest BCUT2D eigenvalue weighted by molar-refractivity contribution is 6.23.